The maximum Gasteiger partial charge on any atom is 0.236 e. The number of likely N-dealkylation sites (tertiary alicyclic amines) is 1. The van der Waals surface area contributed by atoms with Gasteiger partial charge in [0.05, 0.1) is 6.54 Å². The summed E-state index contributed by atoms with van der Waals surface area (Å²) in [5.74, 6) is 1.89. The number of hydrogen-bond donors (Lipinski definition) is 0. The first-order valence-corrected chi connectivity index (χ1v) is 11.0. The maximum atomic E-state index is 12.8. The molecular weight excluding hydrogens is 362 g/mol. The van der Waals surface area contributed by atoms with Gasteiger partial charge in [0.1, 0.15) is 5.82 Å². The zero-order chi connectivity index (χ0) is 20.1. The fourth-order valence-corrected chi connectivity index (χ4v) is 4.54. The molecule has 0 atom stereocenters. The van der Waals surface area contributed by atoms with Gasteiger partial charge in [-0.2, -0.15) is 0 Å². The molecule has 6 nitrogen and oxygen atoms in total. The van der Waals surface area contributed by atoms with E-state index in [1.165, 1.54) is 5.56 Å². The average molecular weight is 396 g/mol. The molecule has 4 rings (SSSR count). The smallest absolute Gasteiger partial charge is 0.236 e. The van der Waals surface area contributed by atoms with Crippen molar-refractivity contribution in [1.82, 2.24) is 24.3 Å². The van der Waals surface area contributed by atoms with Crippen LogP contribution >= 0.6 is 0 Å². The number of likely N-dealkylation sites (N-methyl/N-ethyl adjacent to an activating group) is 1. The lowest BCUT2D eigenvalue weighted by Gasteiger charge is -2.36. The lowest BCUT2D eigenvalue weighted by Crippen LogP contribution is -2.50. The van der Waals surface area contributed by atoms with Crippen molar-refractivity contribution in [3.8, 4) is 0 Å². The quantitative estimate of drug-likeness (QED) is 0.753. The minimum absolute atomic E-state index is 0.293. The van der Waals surface area contributed by atoms with Crippen LogP contribution in [0.4, 0.5) is 0 Å². The van der Waals surface area contributed by atoms with Crippen LogP contribution < -0.4 is 0 Å². The van der Waals surface area contributed by atoms with Crippen LogP contribution in [0.25, 0.3) is 0 Å². The van der Waals surface area contributed by atoms with E-state index < -0.39 is 0 Å². The van der Waals surface area contributed by atoms with Crippen LogP contribution in [-0.2, 0) is 11.3 Å². The molecule has 156 valence electrons. The number of imidazole rings is 1. The fourth-order valence-electron chi connectivity index (χ4n) is 4.54. The second-order valence-electron chi connectivity index (χ2n) is 8.26. The van der Waals surface area contributed by atoms with Gasteiger partial charge < -0.3 is 14.4 Å². The summed E-state index contributed by atoms with van der Waals surface area (Å²) in [6.45, 7) is 10.6. The Balaban J connectivity index is 1.28. The molecule has 2 aliphatic heterocycles. The predicted octanol–water partition coefficient (Wildman–Crippen LogP) is 2.27. The Morgan fingerprint density at radius 3 is 2.38 bits per heavy atom. The molecule has 2 fully saturated rings. The van der Waals surface area contributed by atoms with Crippen LogP contribution in [0.5, 0.6) is 0 Å². The first-order valence-electron chi connectivity index (χ1n) is 11.0. The zero-order valence-electron chi connectivity index (χ0n) is 17.5. The molecule has 3 heterocycles. The lowest BCUT2D eigenvalue weighted by molar-refractivity contribution is -0.133. The highest BCUT2D eigenvalue weighted by Gasteiger charge is 2.28. The van der Waals surface area contributed by atoms with Gasteiger partial charge in [0.15, 0.2) is 0 Å². The van der Waals surface area contributed by atoms with Crippen molar-refractivity contribution in [3.05, 3.63) is 54.1 Å². The Morgan fingerprint density at radius 1 is 1.00 bits per heavy atom. The highest BCUT2D eigenvalue weighted by molar-refractivity contribution is 5.78. The number of nitrogens with zero attached hydrogens (tertiary/aromatic N) is 5. The summed E-state index contributed by atoms with van der Waals surface area (Å²) < 4.78 is 2.27. The highest BCUT2D eigenvalue weighted by atomic mass is 16.2. The zero-order valence-corrected chi connectivity index (χ0v) is 17.5. The van der Waals surface area contributed by atoms with Crippen molar-refractivity contribution in [2.75, 3.05) is 52.4 Å². The van der Waals surface area contributed by atoms with Crippen molar-refractivity contribution >= 4 is 5.91 Å². The third-order valence-corrected chi connectivity index (χ3v) is 6.43. The van der Waals surface area contributed by atoms with E-state index in [2.05, 4.69) is 67.7 Å². The van der Waals surface area contributed by atoms with E-state index in [1.54, 1.807) is 0 Å². The summed E-state index contributed by atoms with van der Waals surface area (Å²) >= 11 is 0. The number of aromatic nitrogens is 2. The first kappa shape index (κ1) is 20.1. The number of hydrogen-bond acceptors (Lipinski definition) is 4. The molecule has 0 N–H and O–H groups in total. The van der Waals surface area contributed by atoms with Crippen molar-refractivity contribution in [2.24, 2.45) is 0 Å². The largest absolute Gasteiger partial charge is 0.342 e. The molecular formula is C23H33N5O. The van der Waals surface area contributed by atoms with Crippen LogP contribution in [0.1, 0.15) is 37.1 Å². The molecule has 0 saturated carbocycles. The minimum atomic E-state index is 0.293. The van der Waals surface area contributed by atoms with E-state index in [-0.39, 0.29) is 0 Å². The fraction of sp³-hybridized carbons (Fsp3) is 0.565. The van der Waals surface area contributed by atoms with Gasteiger partial charge in [0, 0.05) is 64.1 Å². The third kappa shape index (κ3) is 5.06. The van der Waals surface area contributed by atoms with Gasteiger partial charge in [-0.15, -0.1) is 0 Å². The molecule has 2 saturated heterocycles. The van der Waals surface area contributed by atoms with Gasteiger partial charge in [0.2, 0.25) is 5.91 Å². The van der Waals surface area contributed by atoms with Gasteiger partial charge in [-0.1, -0.05) is 37.3 Å². The van der Waals surface area contributed by atoms with Crippen molar-refractivity contribution in [3.63, 3.8) is 0 Å². The molecule has 0 unspecified atom stereocenters. The molecule has 6 heteroatoms. The molecule has 2 aliphatic rings. The van der Waals surface area contributed by atoms with E-state index in [0.29, 0.717) is 18.4 Å². The molecule has 1 amide bonds. The van der Waals surface area contributed by atoms with Gasteiger partial charge in [-0.25, -0.2) is 4.98 Å². The molecule has 0 aliphatic carbocycles. The number of piperazine rings is 1. The molecule has 1 aromatic heterocycles. The van der Waals surface area contributed by atoms with Crippen molar-refractivity contribution in [1.29, 1.82) is 0 Å². The van der Waals surface area contributed by atoms with Crippen LogP contribution in [-0.4, -0.2) is 82.5 Å². The first-order chi connectivity index (χ1) is 14.2. The average Bonchev–Trinajstić information content (AvgIpc) is 3.23. The van der Waals surface area contributed by atoms with Gasteiger partial charge >= 0.3 is 0 Å². The van der Waals surface area contributed by atoms with E-state index in [4.69, 9.17) is 0 Å². The number of benzene rings is 1. The normalized spacial score (nSPS) is 19.6. The molecule has 29 heavy (non-hydrogen) atoms. The summed E-state index contributed by atoms with van der Waals surface area (Å²) in [4.78, 5) is 24.3. The van der Waals surface area contributed by atoms with E-state index in [0.717, 1.165) is 71.0 Å². The number of piperidine rings is 1. The topological polar surface area (TPSA) is 44.6 Å². The maximum absolute atomic E-state index is 12.8. The molecule has 1 aromatic carbocycles. The number of rotatable bonds is 6. The Labute approximate surface area is 174 Å². The summed E-state index contributed by atoms with van der Waals surface area (Å²) in [7, 11) is 0. The molecule has 0 bridgehead atoms. The van der Waals surface area contributed by atoms with Crippen molar-refractivity contribution in [2.45, 2.75) is 32.2 Å². The Kier molecular flexibility index (Phi) is 6.62. The van der Waals surface area contributed by atoms with Crippen LogP contribution in [0.15, 0.2) is 42.7 Å². The Morgan fingerprint density at radius 2 is 1.69 bits per heavy atom. The Hall–Kier alpha value is -2.18. The summed E-state index contributed by atoms with van der Waals surface area (Å²) in [6, 6.07) is 10.5. The highest BCUT2D eigenvalue weighted by Crippen LogP contribution is 2.27. The number of carbonyl (C=O) groups excluding carboxylic acids is 1. The second-order valence-corrected chi connectivity index (χ2v) is 8.26. The monoisotopic (exact) mass is 395 g/mol. The van der Waals surface area contributed by atoms with Crippen molar-refractivity contribution < 1.29 is 4.79 Å². The number of amides is 1. The molecule has 0 spiro atoms. The molecule has 2 aromatic rings. The SMILES string of the molecule is CCN1CCN(CC(=O)N2CCC(c3nccn3Cc3ccccc3)CC2)CC1. The third-order valence-electron chi connectivity index (χ3n) is 6.43. The van der Waals surface area contributed by atoms with Gasteiger partial charge in [-0.3, -0.25) is 9.69 Å². The molecule has 0 radical (unpaired) electrons. The summed E-state index contributed by atoms with van der Waals surface area (Å²) in [6.07, 6.45) is 5.99. The van der Waals surface area contributed by atoms with E-state index in [9.17, 15) is 4.79 Å². The van der Waals surface area contributed by atoms with Gasteiger partial charge in [0.25, 0.3) is 0 Å². The lowest BCUT2D eigenvalue weighted by atomic mass is 9.95. The minimum Gasteiger partial charge on any atom is -0.342 e. The van der Waals surface area contributed by atoms with Gasteiger partial charge in [-0.05, 0) is 24.9 Å². The summed E-state index contributed by atoms with van der Waals surface area (Å²) in [5, 5.41) is 0. The predicted molar refractivity (Wildman–Crippen MR) is 115 cm³/mol. The standard InChI is InChI=1S/C23H33N5O/c1-2-25-14-16-26(17-15-25)19-22(29)27-11-8-21(9-12-27)23-24-10-13-28(23)18-20-6-4-3-5-7-20/h3-7,10,13,21H,2,8-9,11-12,14-19H2,1H3. The van der Waals surface area contributed by atoms with Crippen LogP contribution in [0, 0.1) is 0 Å². The van der Waals surface area contributed by atoms with E-state index >= 15 is 0 Å². The second kappa shape index (κ2) is 9.55. The summed E-state index contributed by atoms with van der Waals surface area (Å²) in [5.41, 5.74) is 1.29. The number of carbonyl (C=O) groups is 1. The Bertz CT molecular complexity index is 774. The van der Waals surface area contributed by atoms with Crippen LogP contribution in [0.3, 0.4) is 0 Å². The van der Waals surface area contributed by atoms with E-state index in [1.807, 2.05) is 6.20 Å². The van der Waals surface area contributed by atoms with Crippen LogP contribution in [0.2, 0.25) is 0 Å².